The zero-order valence-electron chi connectivity index (χ0n) is 18.8. The molecule has 7 nitrogen and oxygen atoms in total. The summed E-state index contributed by atoms with van der Waals surface area (Å²) in [6.07, 6.45) is 1.04. The van der Waals surface area contributed by atoms with E-state index < -0.39 is 0 Å². The molecule has 0 aliphatic rings. The highest BCUT2D eigenvalue weighted by Gasteiger charge is 2.25. The standard InChI is InChI=1S/C21H44O7/c1-6-7-23-10-11-25-14-16-27-18-20(21(2,3)4)19-28-17-15-26-13-12-24-9-8-22-5/h20H,6-19H2,1-5H3. The summed E-state index contributed by atoms with van der Waals surface area (Å²) in [6.45, 7) is 16.8. The topological polar surface area (TPSA) is 64.6 Å². The SMILES string of the molecule is CCCOCCOCCOCC(COCCOCCOCCOC)C(C)(C)C. The Hall–Kier alpha value is -0.280. The van der Waals surface area contributed by atoms with E-state index in [9.17, 15) is 0 Å². The first-order chi connectivity index (χ1) is 13.5. The molecule has 0 fully saturated rings. The Morgan fingerprint density at radius 1 is 0.536 bits per heavy atom. The molecule has 0 aromatic carbocycles. The molecule has 0 saturated heterocycles. The summed E-state index contributed by atoms with van der Waals surface area (Å²) in [6, 6.07) is 0. The van der Waals surface area contributed by atoms with Gasteiger partial charge in [0, 0.05) is 19.6 Å². The second kappa shape index (κ2) is 20.0. The van der Waals surface area contributed by atoms with E-state index in [1.807, 2.05) is 0 Å². The molecule has 0 aliphatic carbocycles. The third-order valence-electron chi connectivity index (χ3n) is 4.13. The van der Waals surface area contributed by atoms with E-state index in [1.165, 1.54) is 0 Å². The van der Waals surface area contributed by atoms with Crippen molar-refractivity contribution >= 4 is 0 Å². The molecule has 0 rings (SSSR count). The Bertz CT molecular complexity index is 308. The second-order valence-electron chi connectivity index (χ2n) is 7.66. The predicted octanol–water partition coefficient (Wildman–Crippen LogP) is 2.80. The van der Waals surface area contributed by atoms with E-state index in [0.717, 1.165) is 13.0 Å². The summed E-state index contributed by atoms with van der Waals surface area (Å²) in [5.74, 6) is 0.317. The maximum Gasteiger partial charge on any atom is 0.0701 e. The van der Waals surface area contributed by atoms with Crippen LogP contribution in [-0.2, 0) is 33.2 Å². The molecule has 0 saturated carbocycles. The zero-order valence-corrected chi connectivity index (χ0v) is 18.8. The van der Waals surface area contributed by atoms with Crippen LogP contribution in [0.25, 0.3) is 0 Å². The average molecular weight is 409 g/mol. The molecular formula is C21H44O7. The molecule has 0 heterocycles. The molecular weight excluding hydrogens is 364 g/mol. The first-order valence-corrected chi connectivity index (χ1v) is 10.5. The van der Waals surface area contributed by atoms with E-state index in [1.54, 1.807) is 7.11 Å². The third-order valence-corrected chi connectivity index (χ3v) is 4.13. The lowest BCUT2D eigenvalue weighted by atomic mass is 9.82. The number of ether oxygens (including phenoxy) is 7. The van der Waals surface area contributed by atoms with Crippen LogP contribution in [0.15, 0.2) is 0 Å². The largest absolute Gasteiger partial charge is 0.382 e. The van der Waals surface area contributed by atoms with Crippen molar-refractivity contribution in [1.29, 1.82) is 0 Å². The second-order valence-corrected chi connectivity index (χ2v) is 7.66. The molecule has 170 valence electrons. The van der Waals surface area contributed by atoms with Gasteiger partial charge in [-0.1, -0.05) is 27.7 Å². The molecule has 0 spiro atoms. The molecule has 0 bridgehead atoms. The molecule has 28 heavy (non-hydrogen) atoms. The molecule has 1 unspecified atom stereocenters. The monoisotopic (exact) mass is 408 g/mol. The van der Waals surface area contributed by atoms with Crippen molar-refractivity contribution in [3.63, 3.8) is 0 Å². The van der Waals surface area contributed by atoms with Gasteiger partial charge in [-0.05, 0) is 11.8 Å². The lowest BCUT2D eigenvalue weighted by Gasteiger charge is -2.30. The normalized spacial score (nSPS) is 13.2. The minimum absolute atomic E-state index is 0.116. The molecule has 0 N–H and O–H groups in total. The van der Waals surface area contributed by atoms with Crippen molar-refractivity contribution in [1.82, 2.24) is 0 Å². The van der Waals surface area contributed by atoms with Gasteiger partial charge in [-0.25, -0.2) is 0 Å². The van der Waals surface area contributed by atoms with Crippen LogP contribution in [0.5, 0.6) is 0 Å². The molecule has 0 amide bonds. The van der Waals surface area contributed by atoms with Crippen molar-refractivity contribution in [3.8, 4) is 0 Å². The summed E-state index contributed by atoms with van der Waals surface area (Å²) < 4.78 is 38.2. The highest BCUT2D eigenvalue weighted by molar-refractivity contribution is 4.73. The molecule has 0 aromatic heterocycles. The molecule has 0 radical (unpaired) electrons. The van der Waals surface area contributed by atoms with Gasteiger partial charge < -0.3 is 33.2 Å². The fourth-order valence-corrected chi connectivity index (χ4v) is 2.17. The van der Waals surface area contributed by atoms with E-state index in [0.29, 0.717) is 85.2 Å². The highest BCUT2D eigenvalue weighted by atomic mass is 16.6. The molecule has 0 aromatic rings. The quantitative estimate of drug-likeness (QED) is 0.271. The van der Waals surface area contributed by atoms with E-state index in [2.05, 4.69) is 27.7 Å². The highest BCUT2D eigenvalue weighted by Crippen LogP contribution is 2.26. The Labute approximate surface area is 172 Å². The zero-order chi connectivity index (χ0) is 20.9. The van der Waals surface area contributed by atoms with Crippen molar-refractivity contribution in [3.05, 3.63) is 0 Å². The van der Waals surface area contributed by atoms with Crippen molar-refractivity contribution < 1.29 is 33.2 Å². The summed E-state index contributed by atoms with van der Waals surface area (Å²) in [5, 5.41) is 0. The van der Waals surface area contributed by atoms with Crippen LogP contribution in [0.3, 0.4) is 0 Å². The van der Waals surface area contributed by atoms with Gasteiger partial charge in [0.2, 0.25) is 0 Å². The van der Waals surface area contributed by atoms with Crippen LogP contribution < -0.4 is 0 Å². The predicted molar refractivity (Wildman–Crippen MR) is 110 cm³/mol. The van der Waals surface area contributed by atoms with Crippen LogP contribution in [-0.4, -0.2) is 93.0 Å². The summed E-state index contributed by atoms with van der Waals surface area (Å²) in [5.41, 5.74) is 0.116. The Balaban J connectivity index is 3.62. The minimum Gasteiger partial charge on any atom is -0.382 e. The molecule has 7 heteroatoms. The van der Waals surface area contributed by atoms with Crippen LogP contribution in [0, 0.1) is 11.3 Å². The van der Waals surface area contributed by atoms with Gasteiger partial charge in [-0.15, -0.1) is 0 Å². The molecule has 1 atom stereocenters. The van der Waals surface area contributed by atoms with Crippen molar-refractivity contribution in [2.24, 2.45) is 11.3 Å². The Morgan fingerprint density at radius 2 is 0.893 bits per heavy atom. The van der Waals surface area contributed by atoms with Gasteiger partial charge in [-0.2, -0.15) is 0 Å². The van der Waals surface area contributed by atoms with Crippen molar-refractivity contribution in [2.45, 2.75) is 34.1 Å². The Kier molecular flexibility index (Phi) is 19.8. The van der Waals surface area contributed by atoms with Gasteiger partial charge in [0.15, 0.2) is 0 Å². The van der Waals surface area contributed by atoms with Gasteiger partial charge in [0.05, 0.1) is 79.3 Å². The fraction of sp³-hybridized carbons (Fsp3) is 1.00. The third kappa shape index (κ3) is 19.1. The summed E-state index contributed by atoms with van der Waals surface area (Å²) in [7, 11) is 1.66. The lowest BCUT2D eigenvalue weighted by Crippen LogP contribution is -2.30. The summed E-state index contributed by atoms with van der Waals surface area (Å²) in [4.78, 5) is 0. The summed E-state index contributed by atoms with van der Waals surface area (Å²) >= 11 is 0. The smallest absolute Gasteiger partial charge is 0.0701 e. The Morgan fingerprint density at radius 3 is 1.25 bits per heavy atom. The lowest BCUT2D eigenvalue weighted by molar-refractivity contribution is -0.0397. The maximum absolute atomic E-state index is 5.79. The van der Waals surface area contributed by atoms with E-state index >= 15 is 0 Å². The number of rotatable bonds is 21. The fourth-order valence-electron chi connectivity index (χ4n) is 2.17. The number of hydrogen-bond donors (Lipinski definition) is 0. The average Bonchev–Trinajstić information content (AvgIpc) is 2.65. The van der Waals surface area contributed by atoms with Gasteiger partial charge in [-0.3, -0.25) is 0 Å². The first kappa shape index (κ1) is 27.7. The van der Waals surface area contributed by atoms with E-state index in [-0.39, 0.29) is 5.41 Å². The number of methoxy groups -OCH3 is 1. The first-order valence-electron chi connectivity index (χ1n) is 10.5. The van der Waals surface area contributed by atoms with Crippen LogP contribution >= 0.6 is 0 Å². The van der Waals surface area contributed by atoms with Gasteiger partial charge in [0.1, 0.15) is 0 Å². The van der Waals surface area contributed by atoms with Crippen LogP contribution in [0.1, 0.15) is 34.1 Å². The molecule has 0 aliphatic heterocycles. The number of hydrogen-bond acceptors (Lipinski definition) is 7. The van der Waals surface area contributed by atoms with Gasteiger partial charge >= 0.3 is 0 Å². The van der Waals surface area contributed by atoms with Gasteiger partial charge in [0.25, 0.3) is 0 Å². The minimum atomic E-state index is 0.116. The van der Waals surface area contributed by atoms with Crippen molar-refractivity contribution in [2.75, 3.05) is 93.0 Å². The van der Waals surface area contributed by atoms with Crippen LogP contribution in [0.2, 0.25) is 0 Å². The van der Waals surface area contributed by atoms with E-state index in [4.69, 9.17) is 33.2 Å². The maximum atomic E-state index is 5.79. The van der Waals surface area contributed by atoms with Crippen LogP contribution in [0.4, 0.5) is 0 Å².